The molecule has 2 unspecified atom stereocenters. The standard InChI is InChI=1S/C11H16N2O4S/c1-7(18(2)17)3-6-13-9(15)11(4-5-11)8(14)12-10(13)16/h7H,3-6H2,1-2H3,(H,12,14,16). The monoisotopic (exact) mass is 272 g/mol. The third kappa shape index (κ3) is 2.07. The highest BCUT2D eigenvalue weighted by Crippen LogP contribution is 2.48. The quantitative estimate of drug-likeness (QED) is 0.730. The Morgan fingerprint density at radius 2 is 2.00 bits per heavy atom. The number of amides is 4. The first-order valence-corrected chi connectivity index (χ1v) is 7.50. The molecule has 6 nitrogen and oxygen atoms in total. The Morgan fingerprint density at radius 3 is 2.50 bits per heavy atom. The van der Waals surface area contributed by atoms with Gasteiger partial charge in [-0.15, -0.1) is 0 Å². The van der Waals surface area contributed by atoms with Gasteiger partial charge < -0.3 is 0 Å². The summed E-state index contributed by atoms with van der Waals surface area (Å²) in [4.78, 5) is 36.3. The van der Waals surface area contributed by atoms with Gasteiger partial charge in [0.05, 0.1) is 0 Å². The second-order valence-electron chi connectivity index (χ2n) is 4.90. The minimum atomic E-state index is -0.984. The molecule has 0 aromatic rings. The van der Waals surface area contributed by atoms with Gasteiger partial charge in [-0.3, -0.25) is 24.0 Å². The molecule has 2 fully saturated rings. The highest BCUT2D eigenvalue weighted by atomic mass is 32.2. The fraction of sp³-hybridized carbons (Fsp3) is 0.727. The topological polar surface area (TPSA) is 83.6 Å². The van der Waals surface area contributed by atoms with E-state index >= 15 is 0 Å². The van der Waals surface area contributed by atoms with E-state index in [-0.39, 0.29) is 11.8 Å². The Bertz CT molecular complexity index is 444. The molecule has 1 spiro atoms. The lowest BCUT2D eigenvalue weighted by atomic mass is 10.0. The molecule has 0 aromatic heterocycles. The summed E-state index contributed by atoms with van der Waals surface area (Å²) in [6.45, 7) is 2.01. The van der Waals surface area contributed by atoms with Gasteiger partial charge in [0.15, 0.2) is 0 Å². The van der Waals surface area contributed by atoms with Crippen molar-refractivity contribution in [2.45, 2.75) is 31.4 Å². The molecule has 1 saturated heterocycles. The SMILES string of the molecule is CC(CCN1C(=O)NC(=O)C2(CC2)C1=O)S(C)=O. The summed E-state index contributed by atoms with van der Waals surface area (Å²) in [5.74, 6) is -0.869. The van der Waals surface area contributed by atoms with Crippen molar-refractivity contribution in [1.82, 2.24) is 10.2 Å². The Labute approximate surface area is 108 Å². The van der Waals surface area contributed by atoms with E-state index in [0.717, 1.165) is 4.90 Å². The molecule has 1 aliphatic heterocycles. The first-order valence-electron chi connectivity index (χ1n) is 5.88. The van der Waals surface area contributed by atoms with Crippen LogP contribution in [-0.2, 0) is 20.4 Å². The number of rotatable bonds is 4. The number of barbiturate groups is 1. The number of nitrogens with zero attached hydrogens (tertiary/aromatic N) is 1. The van der Waals surface area contributed by atoms with Crippen molar-refractivity contribution >= 4 is 28.6 Å². The summed E-state index contributed by atoms with van der Waals surface area (Å²) < 4.78 is 11.2. The van der Waals surface area contributed by atoms with E-state index in [9.17, 15) is 18.6 Å². The fourth-order valence-electron chi connectivity index (χ4n) is 1.98. The molecule has 2 aliphatic rings. The van der Waals surface area contributed by atoms with Gasteiger partial charge in [0, 0.05) is 28.9 Å². The number of hydrogen-bond acceptors (Lipinski definition) is 4. The van der Waals surface area contributed by atoms with Gasteiger partial charge in [0.1, 0.15) is 5.41 Å². The minimum absolute atomic E-state index is 0.0848. The highest BCUT2D eigenvalue weighted by molar-refractivity contribution is 7.84. The van der Waals surface area contributed by atoms with Gasteiger partial charge in [0.25, 0.3) is 0 Å². The maximum atomic E-state index is 12.1. The van der Waals surface area contributed by atoms with E-state index in [1.54, 1.807) is 13.2 Å². The number of imide groups is 2. The van der Waals surface area contributed by atoms with Crippen LogP contribution in [0.5, 0.6) is 0 Å². The van der Waals surface area contributed by atoms with E-state index in [1.165, 1.54) is 0 Å². The molecule has 2 atom stereocenters. The van der Waals surface area contributed by atoms with Crippen molar-refractivity contribution in [2.75, 3.05) is 12.8 Å². The zero-order valence-electron chi connectivity index (χ0n) is 10.4. The number of urea groups is 1. The van der Waals surface area contributed by atoms with Crippen LogP contribution < -0.4 is 5.32 Å². The second-order valence-corrected chi connectivity index (χ2v) is 6.70. The first-order chi connectivity index (χ1) is 8.38. The molecule has 100 valence electrons. The summed E-state index contributed by atoms with van der Waals surface area (Å²) in [5, 5.41) is 2.13. The Kier molecular flexibility index (Phi) is 3.27. The molecule has 2 rings (SSSR count). The Morgan fingerprint density at radius 1 is 1.39 bits per heavy atom. The number of carbonyl (C=O) groups excluding carboxylic acids is 3. The van der Waals surface area contributed by atoms with Crippen molar-refractivity contribution in [3.63, 3.8) is 0 Å². The summed E-state index contributed by atoms with van der Waals surface area (Å²) in [5.41, 5.74) is -0.984. The van der Waals surface area contributed by atoms with Crippen LogP contribution in [0.3, 0.4) is 0 Å². The third-order valence-corrected chi connectivity index (χ3v) is 5.00. The molecule has 1 saturated carbocycles. The predicted molar refractivity (Wildman–Crippen MR) is 65.1 cm³/mol. The molecular weight excluding hydrogens is 256 g/mol. The van der Waals surface area contributed by atoms with E-state index in [1.807, 2.05) is 0 Å². The van der Waals surface area contributed by atoms with E-state index in [4.69, 9.17) is 0 Å². The maximum Gasteiger partial charge on any atom is 0.330 e. The molecule has 1 aliphatic carbocycles. The largest absolute Gasteiger partial charge is 0.330 e. The van der Waals surface area contributed by atoms with Crippen LogP contribution in [0.25, 0.3) is 0 Å². The van der Waals surface area contributed by atoms with Gasteiger partial charge in [-0.05, 0) is 19.3 Å². The van der Waals surface area contributed by atoms with Crippen molar-refractivity contribution in [3.8, 4) is 0 Å². The molecule has 0 bridgehead atoms. The van der Waals surface area contributed by atoms with Crippen LogP contribution in [-0.4, -0.2) is 45.0 Å². The summed E-state index contributed by atoms with van der Waals surface area (Å²) >= 11 is 0. The summed E-state index contributed by atoms with van der Waals surface area (Å²) in [6.07, 6.45) is 3.09. The normalized spacial score (nSPS) is 25.0. The van der Waals surface area contributed by atoms with Crippen molar-refractivity contribution in [3.05, 3.63) is 0 Å². The van der Waals surface area contributed by atoms with Gasteiger partial charge in [-0.25, -0.2) is 4.79 Å². The Balaban J connectivity index is 2.04. The molecule has 0 aromatic carbocycles. The zero-order chi connectivity index (χ0) is 13.5. The van der Waals surface area contributed by atoms with E-state index in [0.29, 0.717) is 19.3 Å². The van der Waals surface area contributed by atoms with Crippen molar-refractivity contribution in [1.29, 1.82) is 0 Å². The maximum absolute atomic E-state index is 12.1. The molecule has 0 radical (unpaired) electrons. The lowest BCUT2D eigenvalue weighted by Gasteiger charge is -2.30. The molecule has 4 amide bonds. The van der Waals surface area contributed by atoms with Crippen LogP contribution in [0.2, 0.25) is 0 Å². The number of hydrogen-bond donors (Lipinski definition) is 1. The van der Waals surface area contributed by atoms with Crippen molar-refractivity contribution < 1.29 is 18.6 Å². The van der Waals surface area contributed by atoms with Gasteiger partial charge in [0.2, 0.25) is 11.8 Å². The second kappa shape index (κ2) is 4.46. The summed E-state index contributed by atoms with van der Waals surface area (Å²) in [7, 11) is -0.984. The fourth-order valence-corrected chi connectivity index (χ4v) is 2.42. The van der Waals surface area contributed by atoms with Crippen LogP contribution in [0.15, 0.2) is 0 Å². The molecular formula is C11H16N2O4S. The van der Waals surface area contributed by atoms with Crippen LogP contribution in [0.1, 0.15) is 26.2 Å². The van der Waals surface area contributed by atoms with Crippen molar-refractivity contribution in [2.24, 2.45) is 5.41 Å². The average Bonchev–Trinajstić information content (AvgIpc) is 3.07. The van der Waals surface area contributed by atoms with E-state index < -0.39 is 34.1 Å². The smallest absolute Gasteiger partial charge is 0.277 e. The first kappa shape index (κ1) is 13.2. The average molecular weight is 272 g/mol. The van der Waals surface area contributed by atoms with Crippen LogP contribution in [0.4, 0.5) is 4.79 Å². The Hall–Kier alpha value is -1.24. The summed E-state index contributed by atoms with van der Waals surface area (Å²) in [6, 6.07) is -0.656. The number of carbonyl (C=O) groups is 3. The lowest BCUT2D eigenvalue weighted by Crippen LogP contribution is -2.59. The van der Waals surface area contributed by atoms with Crippen LogP contribution in [0, 0.1) is 5.41 Å². The highest BCUT2D eigenvalue weighted by Gasteiger charge is 2.62. The van der Waals surface area contributed by atoms with Gasteiger partial charge in [-0.1, -0.05) is 6.92 Å². The van der Waals surface area contributed by atoms with Crippen LogP contribution >= 0.6 is 0 Å². The molecule has 18 heavy (non-hydrogen) atoms. The number of nitrogens with one attached hydrogen (secondary N) is 1. The third-order valence-electron chi connectivity index (χ3n) is 3.63. The lowest BCUT2D eigenvalue weighted by molar-refractivity contribution is -0.144. The molecule has 7 heteroatoms. The van der Waals surface area contributed by atoms with Gasteiger partial charge in [-0.2, -0.15) is 0 Å². The van der Waals surface area contributed by atoms with E-state index in [2.05, 4.69) is 5.32 Å². The molecule has 1 N–H and O–H groups in total. The van der Waals surface area contributed by atoms with Gasteiger partial charge >= 0.3 is 6.03 Å². The minimum Gasteiger partial charge on any atom is -0.277 e. The predicted octanol–water partition coefficient (Wildman–Crippen LogP) is 0.00210. The zero-order valence-corrected chi connectivity index (χ0v) is 11.2. The molecule has 1 heterocycles.